The van der Waals surface area contributed by atoms with E-state index in [4.69, 9.17) is 9.47 Å². The van der Waals surface area contributed by atoms with Crippen LogP contribution in [0.3, 0.4) is 0 Å². The van der Waals surface area contributed by atoms with E-state index in [9.17, 15) is 0 Å². The molecule has 0 bridgehead atoms. The van der Waals surface area contributed by atoms with E-state index >= 15 is 0 Å². The topological polar surface area (TPSA) is 30.5 Å². The molecule has 2 fully saturated rings. The fraction of sp³-hybridized carbons (Fsp3) is 1.00. The molecule has 2 aliphatic rings. The molecule has 94 valence electrons. The first-order valence-corrected chi connectivity index (χ1v) is 6.54. The molecule has 3 atom stereocenters. The smallest absolute Gasteiger partial charge is 0.0641 e. The van der Waals surface area contributed by atoms with E-state index in [1.165, 1.54) is 6.42 Å². The van der Waals surface area contributed by atoms with Crippen LogP contribution in [0.1, 0.15) is 40.0 Å². The maximum absolute atomic E-state index is 5.74. The average Bonchev–Trinajstić information content (AvgIpc) is 2.68. The van der Waals surface area contributed by atoms with Gasteiger partial charge in [0.1, 0.15) is 0 Å². The molecule has 3 unspecified atom stereocenters. The molecular weight excluding hydrogens is 202 g/mol. The second-order valence-electron chi connectivity index (χ2n) is 5.88. The minimum Gasteiger partial charge on any atom is -0.381 e. The molecule has 0 aromatic rings. The van der Waals surface area contributed by atoms with Gasteiger partial charge in [-0.25, -0.2) is 0 Å². The summed E-state index contributed by atoms with van der Waals surface area (Å²) in [6.45, 7) is 9.42. The lowest BCUT2D eigenvalue weighted by molar-refractivity contribution is -0.0646. The van der Waals surface area contributed by atoms with E-state index in [-0.39, 0.29) is 5.60 Å². The Balaban J connectivity index is 1.79. The van der Waals surface area contributed by atoms with Gasteiger partial charge in [-0.3, -0.25) is 0 Å². The third-order valence-corrected chi connectivity index (χ3v) is 3.87. The van der Waals surface area contributed by atoms with Crippen molar-refractivity contribution in [1.29, 1.82) is 0 Å². The van der Waals surface area contributed by atoms with Gasteiger partial charge in [-0.05, 0) is 46.0 Å². The first kappa shape index (κ1) is 12.3. The molecular formula is C13H25NO2. The summed E-state index contributed by atoms with van der Waals surface area (Å²) in [5, 5.41) is 3.76. The summed E-state index contributed by atoms with van der Waals surface area (Å²) in [5.41, 5.74) is 0.0435. The van der Waals surface area contributed by atoms with Crippen molar-refractivity contribution in [3.05, 3.63) is 0 Å². The Hall–Kier alpha value is -0.120. The highest BCUT2D eigenvalue weighted by atomic mass is 16.5. The van der Waals surface area contributed by atoms with Gasteiger partial charge in [-0.1, -0.05) is 0 Å². The van der Waals surface area contributed by atoms with Crippen LogP contribution in [-0.2, 0) is 9.47 Å². The molecule has 3 heteroatoms. The van der Waals surface area contributed by atoms with Crippen molar-refractivity contribution in [3.8, 4) is 0 Å². The zero-order valence-corrected chi connectivity index (χ0v) is 10.8. The predicted octanol–water partition coefficient (Wildman–Crippen LogP) is 1.96. The monoisotopic (exact) mass is 227 g/mol. The van der Waals surface area contributed by atoms with Gasteiger partial charge in [-0.2, -0.15) is 0 Å². The van der Waals surface area contributed by atoms with Crippen molar-refractivity contribution in [2.45, 2.75) is 57.7 Å². The molecule has 2 rings (SSSR count). The SMILES string of the molecule is CC(NC1CCOC(C)(C)C1)C1CCOC1. The fourth-order valence-corrected chi connectivity index (χ4v) is 2.83. The number of rotatable bonds is 3. The fourth-order valence-electron chi connectivity index (χ4n) is 2.83. The Kier molecular flexibility index (Phi) is 3.88. The molecule has 0 aromatic carbocycles. The van der Waals surface area contributed by atoms with Crippen molar-refractivity contribution < 1.29 is 9.47 Å². The normalized spacial score (nSPS) is 36.2. The van der Waals surface area contributed by atoms with Crippen LogP contribution in [0, 0.1) is 5.92 Å². The lowest BCUT2D eigenvalue weighted by Gasteiger charge is -2.38. The molecule has 1 N–H and O–H groups in total. The minimum absolute atomic E-state index is 0.0435. The summed E-state index contributed by atoms with van der Waals surface area (Å²) >= 11 is 0. The van der Waals surface area contributed by atoms with E-state index in [0.717, 1.165) is 32.7 Å². The van der Waals surface area contributed by atoms with E-state index in [0.29, 0.717) is 18.0 Å². The highest BCUT2D eigenvalue weighted by Gasteiger charge is 2.31. The van der Waals surface area contributed by atoms with Gasteiger partial charge in [0.15, 0.2) is 0 Å². The Labute approximate surface area is 98.9 Å². The van der Waals surface area contributed by atoms with Crippen LogP contribution in [0.25, 0.3) is 0 Å². The summed E-state index contributed by atoms with van der Waals surface area (Å²) in [4.78, 5) is 0. The second-order valence-corrected chi connectivity index (χ2v) is 5.88. The molecule has 2 saturated heterocycles. The standard InChI is InChI=1S/C13H25NO2/c1-10(11-4-6-15-9-11)14-12-5-7-16-13(2,3)8-12/h10-12,14H,4-9H2,1-3H3. The number of hydrogen-bond donors (Lipinski definition) is 1. The van der Waals surface area contributed by atoms with Crippen molar-refractivity contribution >= 4 is 0 Å². The number of nitrogens with one attached hydrogen (secondary N) is 1. The van der Waals surface area contributed by atoms with Gasteiger partial charge in [0.05, 0.1) is 12.2 Å². The molecule has 0 radical (unpaired) electrons. The quantitative estimate of drug-likeness (QED) is 0.799. The first-order valence-electron chi connectivity index (χ1n) is 6.54. The van der Waals surface area contributed by atoms with Crippen LogP contribution < -0.4 is 5.32 Å². The van der Waals surface area contributed by atoms with Crippen LogP contribution in [-0.4, -0.2) is 37.5 Å². The number of ether oxygens (including phenoxy) is 2. The van der Waals surface area contributed by atoms with Gasteiger partial charge in [-0.15, -0.1) is 0 Å². The van der Waals surface area contributed by atoms with E-state index < -0.39 is 0 Å². The zero-order valence-electron chi connectivity index (χ0n) is 10.8. The van der Waals surface area contributed by atoms with Crippen LogP contribution in [0.2, 0.25) is 0 Å². The molecule has 0 aromatic heterocycles. The van der Waals surface area contributed by atoms with Crippen LogP contribution in [0.4, 0.5) is 0 Å². The summed E-state index contributed by atoms with van der Waals surface area (Å²) < 4.78 is 11.2. The zero-order chi connectivity index (χ0) is 11.6. The Bertz CT molecular complexity index is 224. The molecule has 0 amide bonds. The van der Waals surface area contributed by atoms with Gasteiger partial charge >= 0.3 is 0 Å². The molecule has 2 heterocycles. The maximum atomic E-state index is 5.74. The van der Waals surface area contributed by atoms with Crippen molar-refractivity contribution in [1.82, 2.24) is 5.32 Å². The van der Waals surface area contributed by atoms with Crippen LogP contribution in [0.5, 0.6) is 0 Å². The minimum atomic E-state index is 0.0435. The summed E-state index contributed by atoms with van der Waals surface area (Å²) in [7, 11) is 0. The highest BCUT2D eigenvalue weighted by molar-refractivity contribution is 4.86. The maximum Gasteiger partial charge on any atom is 0.0641 e. The molecule has 3 nitrogen and oxygen atoms in total. The second kappa shape index (κ2) is 5.03. The van der Waals surface area contributed by atoms with E-state index in [1.807, 2.05) is 0 Å². The lowest BCUT2D eigenvalue weighted by atomic mass is 9.92. The summed E-state index contributed by atoms with van der Waals surface area (Å²) in [5.74, 6) is 0.700. The third kappa shape index (κ3) is 3.19. The van der Waals surface area contributed by atoms with Gasteiger partial charge in [0, 0.05) is 25.3 Å². The summed E-state index contributed by atoms with van der Waals surface area (Å²) in [6, 6.07) is 1.18. The predicted molar refractivity (Wildman–Crippen MR) is 64.6 cm³/mol. The molecule has 0 saturated carbocycles. The molecule has 0 aliphatic carbocycles. The largest absolute Gasteiger partial charge is 0.381 e. The molecule has 2 aliphatic heterocycles. The van der Waals surface area contributed by atoms with Crippen LogP contribution >= 0.6 is 0 Å². The van der Waals surface area contributed by atoms with E-state index in [1.54, 1.807) is 0 Å². The Morgan fingerprint density at radius 1 is 1.25 bits per heavy atom. The molecule has 0 spiro atoms. The van der Waals surface area contributed by atoms with Crippen molar-refractivity contribution in [2.24, 2.45) is 5.92 Å². The van der Waals surface area contributed by atoms with Gasteiger partial charge in [0.25, 0.3) is 0 Å². The van der Waals surface area contributed by atoms with Crippen molar-refractivity contribution in [2.75, 3.05) is 19.8 Å². The number of hydrogen-bond acceptors (Lipinski definition) is 3. The Morgan fingerprint density at radius 2 is 2.06 bits per heavy atom. The Morgan fingerprint density at radius 3 is 2.69 bits per heavy atom. The lowest BCUT2D eigenvalue weighted by Crippen LogP contribution is -2.48. The highest BCUT2D eigenvalue weighted by Crippen LogP contribution is 2.25. The first-order chi connectivity index (χ1) is 7.57. The van der Waals surface area contributed by atoms with Gasteiger partial charge in [0.2, 0.25) is 0 Å². The van der Waals surface area contributed by atoms with Gasteiger partial charge < -0.3 is 14.8 Å². The molecule has 16 heavy (non-hydrogen) atoms. The van der Waals surface area contributed by atoms with E-state index in [2.05, 4.69) is 26.1 Å². The van der Waals surface area contributed by atoms with Crippen LogP contribution in [0.15, 0.2) is 0 Å². The van der Waals surface area contributed by atoms with Crippen molar-refractivity contribution in [3.63, 3.8) is 0 Å². The average molecular weight is 227 g/mol. The summed E-state index contributed by atoms with van der Waals surface area (Å²) in [6.07, 6.45) is 3.47. The third-order valence-electron chi connectivity index (χ3n) is 3.87.